The number of carboxylic acids is 2. The van der Waals surface area contributed by atoms with Gasteiger partial charge in [-0.25, -0.2) is 23.0 Å². The summed E-state index contributed by atoms with van der Waals surface area (Å²) < 4.78 is 29.6. The molecule has 0 spiro atoms. The van der Waals surface area contributed by atoms with Crippen LogP contribution in [0.15, 0.2) is 51.5 Å². The highest BCUT2D eigenvalue weighted by atomic mass is 35.5. The van der Waals surface area contributed by atoms with E-state index >= 15 is 0 Å². The second-order valence-electron chi connectivity index (χ2n) is 9.49. The SMILES string of the molecule is CCc1nc2c(N=Nc3ccc(S(=O)(=O)Nc4ccc(C(=O)O)c(C(=O)O)c4)cc3Cl)c(C(C)(C)C)[nH]n2n1. The Labute approximate surface area is 227 Å². The molecule has 0 saturated heterocycles. The van der Waals surface area contributed by atoms with Crippen LogP contribution in [-0.4, -0.2) is 50.4 Å². The van der Waals surface area contributed by atoms with Crippen LogP contribution in [0.2, 0.25) is 5.02 Å². The summed E-state index contributed by atoms with van der Waals surface area (Å²) in [6.45, 7) is 7.91. The third-order valence-corrected chi connectivity index (χ3v) is 7.29. The van der Waals surface area contributed by atoms with Crippen LogP contribution in [0.25, 0.3) is 5.65 Å². The lowest BCUT2D eigenvalue weighted by molar-refractivity contribution is 0.0651. The Balaban J connectivity index is 1.65. The first-order valence-electron chi connectivity index (χ1n) is 11.5. The van der Waals surface area contributed by atoms with Crippen LogP contribution in [0.3, 0.4) is 0 Å². The molecule has 0 aliphatic carbocycles. The van der Waals surface area contributed by atoms with Gasteiger partial charge in [-0.1, -0.05) is 39.3 Å². The van der Waals surface area contributed by atoms with E-state index in [9.17, 15) is 23.1 Å². The topological polar surface area (TPSA) is 191 Å². The Morgan fingerprint density at radius 2 is 1.77 bits per heavy atom. The normalized spacial score (nSPS) is 12.3. The van der Waals surface area contributed by atoms with Gasteiger partial charge < -0.3 is 10.2 Å². The number of fused-ring (bicyclic) bond motifs is 1. The number of benzene rings is 2. The number of hydrogen-bond acceptors (Lipinski definition) is 8. The molecule has 0 saturated carbocycles. The number of sulfonamides is 1. The molecule has 204 valence electrons. The Morgan fingerprint density at radius 3 is 2.36 bits per heavy atom. The molecule has 2 aromatic carbocycles. The van der Waals surface area contributed by atoms with Gasteiger partial charge in [0, 0.05) is 17.5 Å². The summed E-state index contributed by atoms with van der Waals surface area (Å²) in [6, 6.07) is 6.88. The smallest absolute Gasteiger partial charge is 0.336 e. The lowest BCUT2D eigenvalue weighted by Crippen LogP contribution is -2.15. The lowest BCUT2D eigenvalue weighted by atomic mass is 9.91. The number of carbonyl (C=O) groups is 2. The molecule has 0 unspecified atom stereocenters. The molecule has 4 N–H and O–H groups in total. The molecule has 13 nitrogen and oxygen atoms in total. The van der Waals surface area contributed by atoms with Crippen LogP contribution in [0.4, 0.5) is 17.1 Å². The predicted molar refractivity (Wildman–Crippen MR) is 142 cm³/mol. The molecular formula is C24H24ClN7O6S. The number of anilines is 1. The summed E-state index contributed by atoms with van der Waals surface area (Å²) in [5, 5.41) is 34.6. The summed E-state index contributed by atoms with van der Waals surface area (Å²) >= 11 is 6.35. The molecule has 0 fully saturated rings. The molecule has 0 radical (unpaired) electrons. The minimum absolute atomic E-state index is 0.00588. The largest absolute Gasteiger partial charge is 0.478 e. The summed E-state index contributed by atoms with van der Waals surface area (Å²) in [7, 11) is -4.22. The number of H-pyrrole nitrogens is 1. The van der Waals surface area contributed by atoms with E-state index in [1.807, 2.05) is 27.7 Å². The summed E-state index contributed by atoms with van der Waals surface area (Å²) in [5.41, 5.74) is 0.404. The summed E-state index contributed by atoms with van der Waals surface area (Å²) in [6.07, 6.45) is 0.633. The van der Waals surface area contributed by atoms with Crippen LogP contribution in [0, 0.1) is 0 Å². The van der Waals surface area contributed by atoms with Gasteiger partial charge in [-0.15, -0.1) is 15.3 Å². The van der Waals surface area contributed by atoms with Gasteiger partial charge in [0.25, 0.3) is 10.0 Å². The average molecular weight is 574 g/mol. The Hall–Kier alpha value is -4.30. The van der Waals surface area contributed by atoms with Gasteiger partial charge in [-0.3, -0.25) is 9.82 Å². The maximum Gasteiger partial charge on any atom is 0.336 e. The monoisotopic (exact) mass is 573 g/mol. The van der Waals surface area contributed by atoms with Gasteiger partial charge in [-0.2, -0.15) is 4.63 Å². The maximum absolute atomic E-state index is 12.9. The number of azo groups is 1. The molecule has 4 aromatic rings. The zero-order chi connectivity index (χ0) is 28.7. The van der Waals surface area contributed by atoms with Crippen molar-refractivity contribution in [2.24, 2.45) is 10.2 Å². The third-order valence-electron chi connectivity index (χ3n) is 5.60. The van der Waals surface area contributed by atoms with Crippen molar-refractivity contribution in [3.63, 3.8) is 0 Å². The number of aromatic nitrogens is 4. The van der Waals surface area contributed by atoms with Crippen molar-refractivity contribution in [3.05, 3.63) is 64.1 Å². The molecule has 0 amide bonds. The van der Waals surface area contributed by atoms with Gasteiger partial charge in [0.05, 0.1) is 26.7 Å². The maximum atomic E-state index is 12.9. The first kappa shape index (κ1) is 27.7. The van der Waals surface area contributed by atoms with Crippen LogP contribution in [0.5, 0.6) is 0 Å². The third kappa shape index (κ3) is 5.61. The van der Waals surface area contributed by atoms with Crippen molar-refractivity contribution < 1.29 is 28.2 Å². The van der Waals surface area contributed by atoms with Crippen molar-refractivity contribution >= 4 is 56.3 Å². The van der Waals surface area contributed by atoms with Crippen LogP contribution in [0.1, 0.15) is 59.9 Å². The van der Waals surface area contributed by atoms with Crippen LogP contribution >= 0.6 is 11.6 Å². The Morgan fingerprint density at radius 1 is 1.08 bits per heavy atom. The number of halogens is 1. The number of carboxylic acid groups (broad SMARTS) is 2. The number of aromatic amines is 1. The zero-order valence-electron chi connectivity index (χ0n) is 21.2. The second-order valence-corrected chi connectivity index (χ2v) is 11.6. The van der Waals surface area contributed by atoms with Gasteiger partial charge in [-0.05, 0) is 36.4 Å². The summed E-state index contributed by atoms with van der Waals surface area (Å²) in [4.78, 5) is 26.9. The van der Waals surface area contributed by atoms with Gasteiger partial charge in [0.2, 0.25) is 5.65 Å². The quantitative estimate of drug-likeness (QED) is 0.207. The summed E-state index contributed by atoms with van der Waals surface area (Å²) in [5.74, 6) is -2.34. The van der Waals surface area contributed by atoms with E-state index in [0.29, 0.717) is 23.6 Å². The fourth-order valence-corrected chi connectivity index (χ4v) is 5.01. The van der Waals surface area contributed by atoms with Crippen LogP contribution < -0.4 is 4.72 Å². The van der Waals surface area contributed by atoms with Gasteiger partial charge in [0.1, 0.15) is 5.69 Å². The predicted octanol–water partition coefficient (Wildman–Crippen LogP) is 5.18. The van der Waals surface area contributed by atoms with Crippen molar-refractivity contribution in [2.45, 2.75) is 44.4 Å². The van der Waals surface area contributed by atoms with Crippen molar-refractivity contribution in [1.82, 2.24) is 19.8 Å². The molecule has 2 heterocycles. The van der Waals surface area contributed by atoms with E-state index in [-0.39, 0.29) is 26.7 Å². The van der Waals surface area contributed by atoms with Gasteiger partial charge >= 0.3 is 11.9 Å². The second kappa shape index (κ2) is 10.1. The minimum atomic E-state index is -4.22. The molecule has 0 aliphatic rings. The van der Waals surface area contributed by atoms with Crippen molar-refractivity contribution in [1.29, 1.82) is 0 Å². The molecule has 15 heteroatoms. The Kier molecular flexibility index (Phi) is 7.19. The van der Waals surface area contributed by atoms with E-state index in [2.05, 4.69) is 30.1 Å². The Bertz CT molecular complexity index is 1750. The fraction of sp³-hybridized carbons (Fsp3) is 0.250. The molecule has 39 heavy (non-hydrogen) atoms. The zero-order valence-corrected chi connectivity index (χ0v) is 22.8. The lowest BCUT2D eigenvalue weighted by Gasteiger charge is -2.16. The van der Waals surface area contributed by atoms with E-state index < -0.39 is 33.1 Å². The molecule has 0 aliphatic heterocycles. The number of rotatable bonds is 8. The number of aryl methyl sites for hydroxylation is 1. The van der Waals surface area contributed by atoms with Crippen molar-refractivity contribution in [2.75, 3.05) is 4.72 Å². The highest BCUT2D eigenvalue weighted by Gasteiger charge is 2.26. The molecular weight excluding hydrogens is 550 g/mol. The molecule has 0 bridgehead atoms. The van der Waals surface area contributed by atoms with Gasteiger partial charge in [0.15, 0.2) is 11.5 Å². The highest BCUT2D eigenvalue weighted by Crippen LogP contribution is 2.36. The van der Waals surface area contributed by atoms with Crippen LogP contribution in [-0.2, 0) is 21.9 Å². The molecule has 0 atom stereocenters. The number of nitrogens with zero attached hydrogens (tertiary/aromatic N) is 5. The van der Waals surface area contributed by atoms with Crippen molar-refractivity contribution in [3.8, 4) is 0 Å². The van der Waals surface area contributed by atoms with E-state index in [1.54, 1.807) is 0 Å². The molecule has 4 rings (SSSR count). The first-order valence-corrected chi connectivity index (χ1v) is 13.4. The first-order chi connectivity index (χ1) is 18.2. The van der Waals surface area contributed by atoms with E-state index in [0.717, 1.165) is 23.9 Å². The fourth-order valence-electron chi connectivity index (χ4n) is 3.65. The standard InChI is InChI=1S/C24H24ClN7O6S/c1-5-18-26-21-19(20(24(2,3)4)30-32(21)29-18)28-27-17-9-7-13(11-16(17)25)39(37,38)31-12-6-8-14(22(33)34)15(10-12)23(35)36/h6-11,30-31H,5H2,1-4H3,(H,33,34)(H,35,36). The number of nitrogens with one attached hydrogen (secondary N) is 2. The number of aromatic carboxylic acids is 2. The highest BCUT2D eigenvalue weighted by molar-refractivity contribution is 7.92. The minimum Gasteiger partial charge on any atom is -0.478 e. The van der Waals surface area contributed by atoms with E-state index in [1.165, 1.54) is 22.8 Å². The molecule has 2 aromatic heterocycles. The average Bonchev–Trinajstić information content (AvgIpc) is 3.41. The number of hydrogen-bond donors (Lipinski definition) is 4. The van der Waals surface area contributed by atoms with E-state index in [4.69, 9.17) is 16.7 Å².